The first-order valence-electron chi connectivity index (χ1n) is 13.1. The molecule has 5 rings (SSSR count). The third-order valence-corrected chi connectivity index (χ3v) is 8.88. The van der Waals surface area contributed by atoms with E-state index in [1.165, 1.54) is 0 Å². The number of benzene rings is 3. The van der Waals surface area contributed by atoms with Crippen LogP contribution in [0.1, 0.15) is 56.3 Å². The zero-order valence-corrected chi connectivity index (χ0v) is 23.2. The van der Waals surface area contributed by atoms with Crippen molar-refractivity contribution in [2.45, 2.75) is 57.5 Å². The van der Waals surface area contributed by atoms with Gasteiger partial charge in [0.25, 0.3) is 0 Å². The Balaban J connectivity index is 1.53. The third-order valence-electron chi connectivity index (χ3n) is 6.56. The number of nitrogens with zero attached hydrogens (tertiary/aromatic N) is 3. The van der Waals surface area contributed by atoms with Gasteiger partial charge >= 0.3 is 7.60 Å². The van der Waals surface area contributed by atoms with Gasteiger partial charge in [0.2, 0.25) is 0 Å². The van der Waals surface area contributed by atoms with Crippen LogP contribution in [0.15, 0.2) is 97.3 Å². The topological polar surface area (TPSA) is 88.2 Å². The van der Waals surface area contributed by atoms with E-state index in [4.69, 9.17) is 19.1 Å². The summed E-state index contributed by atoms with van der Waals surface area (Å²) >= 11 is 0. The Morgan fingerprint density at radius 3 is 1.68 bits per heavy atom. The molecule has 1 aliphatic heterocycles. The quantitative estimate of drug-likeness (QED) is 0.142. The van der Waals surface area contributed by atoms with Gasteiger partial charge in [-0.2, -0.15) is 5.10 Å². The molecule has 1 aliphatic rings. The molecule has 3 aromatic carbocycles. The number of rotatable bonds is 11. The van der Waals surface area contributed by atoms with Crippen LogP contribution in [0.3, 0.4) is 0 Å². The molecule has 0 saturated carbocycles. The molecule has 0 bridgehead atoms. The Labute approximate surface area is 224 Å². The monoisotopic (exact) mass is 530 g/mol. The SMILES string of the molecule is CC(C)OP(=O)(CC1NC1c1ncn(C(c2ccccc2)(c2ccccc2)c2ccccc2)n1)OC(C)C. The molecule has 2 atom stereocenters. The highest BCUT2D eigenvalue weighted by molar-refractivity contribution is 7.54. The lowest BCUT2D eigenvalue weighted by Crippen LogP contribution is -2.38. The Kier molecular flexibility index (Phi) is 7.64. The van der Waals surface area contributed by atoms with Crippen molar-refractivity contribution in [2.75, 3.05) is 6.16 Å². The summed E-state index contributed by atoms with van der Waals surface area (Å²) in [5.74, 6) is 0.655. The van der Waals surface area contributed by atoms with E-state index in [-0.39, 0.29) is 30.5 Å². The lowest BCUT2D eigenvalue weighted by molar-refractivity contribution is 0.142. The third kappa shape index (κ3) is 5.38. The average Bonchev–Trinajstić information content (AvgIpc) is 3.47. The van der Waals surface area contributed by atoms with E-state index in [2.05, 4.69) is 41.7 Å². The minimum Gasteiger partial charge on any atom is -0.306 e. The molecule has 7 nitrogen and oxygen atoms in total. The molecule has 1 fully saturated rings. The summed E-state index contributed by atoms with van der Waals surface area (Å²) in [6.07, 6.45) is 1.67. The van der Waals surface area contributed by atoms with Gasteiger partial charge in [0.15, 0.2) is 5.82 Å². The number of nitrogens with one attached hydrogen (secondary N) is 1. The van der Waals surface area contributed by atoms with Crippen LogP contribution in [0.2, 0.25) is 0 Å². The number of aromatic nitrogens is 3. The van der Waals surface area contributed by atoms with Gasteiger partial charge in [0.05, 0.1) is 24.4 Å². The van der Waals surface area contributed by atoms with Crippen molar-refractivity contribution in [1.29, 1.82) is 0 Å². The largest absolute Gasteiger partial charge is 0.332 e. The summed E-state index contributed by atoms with van der Waals surface area (Å²) in [4.78, 5) is 4.74. The summed E-state index contributed by atoms with van der Waals surface area (Å²) in [7, 11) is -3.28. The van der Waals surface area contributed by atoms with Gasteiger partial charge in [0.1, 0.15) is 11.9 Å². The molecule has 2 heterocycles. The van der Waals surface area contributed by atoms with Gasteiger partial charge in [-0.1, -0.05) is 91.0 Å². The maximum absolute atomic E-state index is 13.5. The van der Waals surface area contributed by atoms with Crippen LogP contribution in [-0.2, 0) is 19.2 Å². The number of hydrogen-bond acceptors (Lipinski definition) is 6. The number of hydrogen-bond donors (Lipinski definition) is 1. The Hall–Kier alpha value is -3.09. The van der Waals surface area contributed by atoms with Crippen LogP contribution in [0.5, 0.6) is 0 Å². The van der Waals surface area contributed by atoms with E-state index in [0.29, 0.717) is 5.82 Å². The van der Waals surface area contributed by atoms with Gasteiger partial charge in [0, 0.05) is 6.04 Å². The first-order valence-corrected chi connectivity index (χ1v) is 14.8. The molecular weight excluding hydrogens is 495 g/mol. The molecule has 1 aromatic heterocycles. The predicted molar refractivity (Wildman–Crippen MR) is 149 cm³/mol. The summed E-state index contributed by atoms with van der Waals surface area (Å²) in [6.45, 7) is 7.48. The van der Waals surface area contributed by atoms with Crippen LogP contribution < -0.4 is 5.32 Å². The van der Waals surface area contributed by atoms with Gasteiger partial charge in [-0.15, -0.1) is 0 Å². The van der Waals surface area contributed by atoms with Crippen LogP contribution in [-0.4, -0.2) is 39.2 Å². The maximum atomic E-state index is 13.5. The van der Waals surface area contributed by atoms with Gasteiger partial charge < -0.3 is 14.4 Å². The molecule has 4 aromatic rings. The fourth-order valence-electron chi connectivity index (χ4n) is 5.10. The summed E-state index contributed by atoms with van der Waals surface area (Å²) < 4.78 is 26.9. The second-order valence-corrected chi connectivity index (χ2v) is 12.2. The fourth-order valence-corrected chi connectivity index (χ4v) is 7.40. The van der Waals surface area contributed by atoms with Crippen molar-refractivity contribution in [3.8, 4) is 0 Å². The highest BCUT2D eigenvalue weighted by Gasteiger charge is 2.48. The standard InChI is InChI=1S/C30H35N4O3P/c1-22(2)36-38(35,37-23(3)4)20-27-28(32-27)29-31-21-34(33-29)30(24-14-8-5-9-15-24,25-16-10-6-11-17-25)26-18-12-7-13-19-26/h5-19,21-23,27-28,32H,20H2,1-4H3. The predicted octanol–water partition coefficient (Wildman–Crippen LogP) is 6.17. The van der Waals surface area contributed by atoms with Crippen LogP contribution >= 0.6 is 7.60 Å². The van der Waals surface area contributed by atoms with E-state index in [9.17, 15) is 4.57 Å². The second-order valence-electron chi connectivity index (χ2n) is 10.2. The Bertz CT molecular complexity index is 1270. The van der Waals surface area contributed by atoms with Crippen LogP contribution in [0.25, 0.3) is 0 Å². The summed E-state index contributed by atoms with van der Waals surface area (Å²) in [5, 5.41) is 8.45. The highest BCUT2D eigenvalue weighted by atomic mass is 31.2. The van der Waals surface area contributed by atoms with Crippen LogP contribution in [0.4, 0.5) is 0 Å². The lowest BCUT2D eigenvalue weighted by Gasteiger charge is -2.35. The second kappa shape index (κ2) is 11.0. The first-order chi connectivity index (χ1) is 18.3. The van der Waals surface area contributed by atoms with E-state index in [1.54, 1.807) is 6.33 Å². The van der Waals surface area contributed by atoms with Crippen molar-refractivity contribution < 1.29 is 13.6 Å². The van der Waals surface area contributed by atoms with E-state index < -0.39 is 13.1 Å². The smallest absolute Gasteiger partial charge is 0.306 e. The minimum atomic E-state index is -3.28. The normalized spacial score (nSPS) is 17.7. The molecule has 0 amide bonds. The Morgan fingerprint density at radius 2 is 1.26 bits per heavy atom. The van der Waals surface area contributed by atoms with Gasteiger partial charge in [-0.25, -0.2) is 9.67 Å². The van der Waals surface area contributed by atoms with Crippen molar-refractivity contribution in [2.24, 2.45) is 0 Å². The molecular formula is C30H35N4O3P. The zero-order valence-electron chi connectivity index (χ0n) is 22.3. The van der Waals surface area contributed by atoms with Crippen molar-refractivity contribution in [3.63, 3.8) is 0 Å². The fraction of sp³-hybridized carbons (Fsp3) is 0.333. The van der Waals surface area contributed by atoms with Crippen molar-refractivity contribution in [1.82, 2.24) is 20.1 Å². The molecule has 0 aliphatic carbocycles. The van der Waals surface area contributed by atoms with E-state index in [0.717, 1.165) is 16.7 Å². The molecule has 2 unspecified atom stereocenters. The molecule has 1 N–H and O–H groups in total. The molecule has 0 radical (unpaired) electrons. The van der Waals surface area contributed by atoms with Gasteiger partial charge in [-0.3, -0.25) is 4.57 Å². The molecule has 0 spiro atoms. The highest BCUT2D eigenvalue weighted by Crippen LogP contribution is 2.54. The minimum absolute atomic E-state index is 0.0891. The molecule has 1 saturated heterocycles. The molecule has 8 heteroatoms. The average molecular weight is 531 g/mol. The van der Waals surface area contributed by atoms with Gasteiger partial charge in [-0.05, 0) is 44.4 Å². The maximum Gasteiger partial charge on any atom is 0.332 e. The summed E-state index contributed by atoms with van der Waals surface area (Å²) in [6, 6.07) is 30.9. The van der Waals surface area contributed by atoms with E-state index in [1.807, 2.05) is 87.0 Å². The molecule has 38 heavy (non-hydrogen) atoms. The molecule has 198 valence electrons. The van der Waals surface area contributed by atoms with Crippen LogP contribution in [0, 0.1) is 0 Å². The summed E-state index contributed by atoms with van der Waals surface area (Å²) in [5.41, 5.74) is 2.51. The Morgan fingerprint density at radius 1 is 0.816 bits per heavy atom. The van der Waals surface area contributed by atoms with Crippen molar-refractivity contribution in [3.05, 3.63) is 120 Å². The van der Waals surface area contributed by atoms with E-state index >= 15 is 0 Å². The first kappa shape index (κ1) is 26.5. The van der Waals surface area contributed by atoms with Crippen molar-refractivity contribution >= 4 is 7.60 Å². The zero-order chi connectivity index (χ0) is 26.8. The lowest BCUT2D eigenvalue weighted by atomic mass is 9.77.